The molecule has 0 spiro atoms. The van der Waals surface area contributed by atoms with E-state index >= 15 is 0 Å². The van der Waals surface area contributed by atoms with Crippen LogP contribution in [0.15, 0.2) is 46.2 Å². The fraction of sp³-hybridized carbons (Fsp3) is 0.211. The van der Waals surface area contributed by atoms with Gasteiger partial charge in [0.15, 0.2) is 5.76 Å². The van der Waals surface area contributed by atoms with Gasteiger partial charge in [-0.05, 0) is 36.8 Å². The molecule has 6 nitrogen and oxygen atoms in total. The maximum Gasteiger partial charge on any atom is 0.224 e. The van der Waals surface area contributed by atoms with Gasteiger partial charge in [0.2, 0.25) is 11.8 Å². The first-order valence-electron chi connectivity index (χ1n) is 8.14. The summed E-state index contributed by atoms with van der Waals surface area (Å²) in [4.78, 5) is 27.5. The number of carbonyl (C=O) groups is 2. The molecule has 26 heavy (non-hydrogen) atoms. The Hall–Kier alpha value is -2.93. The van der Waals surface area contributed by atoms with Crippen LogP contribution in [0.4, 0.5) is 5.69 Å². The summed E-state index contributed by atoms with van der Waals surface area (Å²) in [5, 5.41) is 8.46. The minimum atomic E-state index is -0.124. The summed E-state index contributed by atoms with van der Waals surface area (Å²) in [5.74, 6) is 1.16. The van der Waals surface area contributed by atoms with Gasteiger partial charge in [-0.1, -0.05) is 12.1 Å². The van der Waals surface area contributed by atoms with E-state index in [1.807, 2.05) is 36.6 Å². The molecule has 2 amide bonds. The number of rotatable bonds is 6. The van der Waals surface area contributed by atoms with Gasteiger partial charge < -0.3 is 15.1 Å². The van der Waals surface area contributed by atoms with Gasteiger partial charge in [0, 0.05) is 18.0 Å². The lowest BCUT2D eigenvalue weighted by Gasteiger charge is -2.05. The minimum absolute atomic E-state index is 0.0975. The molecule has 7 heteroatoms. The van der Waals surface area contributed by atoms with Crippen molar-refractivity contribution in [1.29, 1.82) is 0 Å². The molecule has 0 saturated carbocycles. The van der Waals surface area contributed by atoms with Gasteiger partial charge in [-0.2, -0.15) is 0 Å². The van der Waals surface area contributed by atoms with Crippen LogP contribution in [0.25, 0.3) is 11.5 Å². The molecular weight excluding hydrogens is 350 g/mol. The lowest BCUT2D eigenvalue weighted by Crippen LogP contribution is -2.24. The second-order valence-corrected chi connectivity index (χ2v) is 6.91. The van der Waals surface area contributed by atoms with E-state index < -0.39 is 0 Å². The lowest BCUT2D eigenvalue weighted by molar-refractivity contribution is -0.120. The van der Waals surface area contributed by atoms with Gasteiger partial charge in [0.25, 0.3) is 0 Å². The van der Waals surface area contributed by atoms with Crippen molar-refractivity contribution in [3.63, 3.8) is 0 Å². The third-order valence-corrected chi connectivity index (χ3v) is 4.41. The number of hydrogen-bond acceptors (Lipinski definition) is 5. The van der Waals surface area contributed by atoms with Crippen molar-refractivity contribution in [2.24, 2.45) is 0 Å². The normalized spacial score (nSPS) is 10.5. The highest BCUT2D eigenvalue weighted by atomic mass is 32.1. The second-order valence-electron chi connectivity index (χ2n) is 5.85. The summed E-state index contributed by atoms with van der Waals surface area (Å²) in [6.07, 6.45) is 0.263. The van der Waals surface area contributed by atoms with Gasteiger partial charge >= 0.3 is 0 Å². The number of anilines is 1. The van der Waals surface area contributed by atoms with Crippen LogP contribution in [0.1, 0.15) is 23.3 Å². The first kappa shape index (κ1) is 17.9. The molecular formula is C19H19N3O3S. The highest BCUT2D eigenvalue weighted by Crippen LogP contribution is 2.23. The Labute approximate surface area is 155 Å². The molecule has 134 valence electrons. The smallest absolute Gasteiger partial charge is 0.224 e. The lowest BCUT2D eigenvalue weighted by atomic mass is 10.1. The van der Waals surface area contributed by atoms with E-state index in [0.717, 1.165) is 16.3 Å². The van der Waals surface area contributed by atoms with Crippen molar-refractivity contribution < 1.29 is 14.0 Å². The van der Waals surface area contributed by atoms with Crippen LogP contribution in [0, 0.1) is 6.92 Å². The van der Waals surface area contributed by atoms with Gasteiger partial charge in [-0.3, -0.25) is 9.59 Å². The number of hydrogen-bond donors (Lipinski definition) is 2. The summed E-state index contributed by atoms with van der Waals surface area (Å²) in [6, 6.07) is 10.9. The van der Waals surface area contributed by atoms with Gasteiger partial charge in [-0.15, -0.1) is 11.3 Å². The molecule has 0 atom stereocenters. The zero-order valence-corrected chi connectivity index (χ0v) is 15.4. The molecule has 2 N–H and O–H groups in total. The number of aryl methyl sites for hydroxylation is 1. The molecule has 1 aromatic carbocycles. The van der Waals surface area contributed by atoms with Crippen LogP contribution in [0.5, 0.6) is 0 Å². The van der Waals surface area contributed by atoms with E-state index in [-0.39, 0.29) is 18.2 Å². The summed E-state index contributed by atoms with van der Waals surface area (Å²) in [6.45, 7) is 3.73. The zero-order chi connectivity index (χ0) is 18.5. The standard InChI is InChI=1S/C19H19N3O3S/c1-12(23)21-15-5-3-14(4-6-15)9-19(24)20-10-16-7-8-18(25-16)17-11-26-13(2)22-17/h3-8,11H,9-10H2,1-2H3,(H,20,24)(H,21,23). The summed E-state index contributed by atoms with van der Waals surface area (Å²) in [5.41, 5.74) is 2.39. The average Bonchev–Trinajstić information content (AvgIpc) is 3.23. The highest BCUT2D eigenvalue weighted by molar-refractivity contribution is 7.09. The largest absolute Gasteiger partial charge is 0.458 e. The van der Waals surface area contributed by atoms with Gasteiger partial charge in [0.05, 0.1) is 18.0 Å². The van der Waals surface area contributed by atoms with Gasteiger partial charge in [0.1, 0.15) is 11.5 Å². The number of benzene rings is 1. The van der Waals surface area contributed by atoms with Crippen molar-refractivity contribution in [2.75, 3.05) is 5.32 Å². The van der Waals surface area contributed by atoms with Gasteiger partial charge in [-0.25, -0.2) is 4.98 Å². The number of aromatic nitrogens is 1. The van der Waals surface area contributed by atoms with Crippen molar-refractivity contribution >= 4 is 28.8 Å². The second kappa shape index (κ2) is 7.97. The first-order chi connectivity index (χ1) is 12.5. The monoisotopic (exact) mass is 369 g/mol. The summed E-state index contributed by atoms with van der Waals surface area (Å²) < 4.78 is 5.73. The van der Waals surface area contributed by atoms with Crippen molar-refractivity contribution in [3.8, 4) is 11.5 Å². The third kappa shape index (κ3) is 4.80. The maximum absolute atomic E-state index is 12.1. The highest BCUT2D eigenvalue weighted by Gasteiger charge is 2.09. The van der Waals surface area contributed by atoms with E-state index in [4.69, 9.17) is 4.42 Å². The van der Waals surface area contributed by atoms with Crippen LogP contribution in [-0.4, -0.2) is 16.8 Å². The molecule has 0 aliphatic heterocycles. The molecule has 2 aromatic heterocycles. The summed E-state index contributed by atoms with van der Waals surface area (Å²) in [7, 11) is 0. The summed E-state index contributed by atoms with van der Waals surface area (Å²) >= 11 is 1.57. The number of thiazole rings is 1. The van der Waals surface area contributed by atoms with Crippen LogP contribution in [-0.2, 0) is 22.6 Å². The minimum Gasteiger partial charge on any atom is -0.458 e. The zero-order valence-electron chi connectivity index (χ0n) is 14.5. The molecule has 0 unspecified atom stereocenters. The molecule has 0 fully saturated rings. The molecule has 0 bridgehead atoms. The average molecular weight is 369 g/mol. The van der Waals surface area contributed by atoms with Crippen LogP contribution in [0.2, 0.25) is 0 Å². The number of nitrogens with zero attached hydrogens (tertiary/aromatic N) is 1. The van der Waals surface area contributed by atoms with Crippen LogP contribution >= 0.6 is 11.3 Å². The van der Waals surface area contributed by atoms with Crippen molar-refractivity contribution in [1.82, 2.24) is 10.3 Å². The Morgan fingerprint density at radius 1 is 1.15 bits per heavy atom. The van der Waals surface area contributed by atoms with Crippen LogP contribution in [0.3, 0.4) is 0 Å². The van der Waals surface area contributed by atoms with E-state index in [1.54, 1.807) is 23.5 Å². The quantitative estimate of drug-likeness (QED) is 0.696. The predicted molar refractivity (Wildman–Crippen MR) is 101 cm³/mol. The molecule has 0 aliphatic rings. The molecule has 0 saturated heterocycles. The third-order valence-electron chi connectivity index (χ3n) is 3.63. The molecule has 0 aliphatic carbocycles. The van der Waals surface area contributed by atoms with Crippen molar-refractivity contribution in [3.05, 3.63) is 58.1 Å². The van der Waals surface area contributed by atoms with Crippen LogP contribution < -0.4 is 10.6 Å². The van der Waals surface area contributed by atoms with E-state index in [2.05, 4.69) is 15.6 Å². The molecule has 3 rings (SSSR count). The van der Waals surface area contributed by atoms with Crippen molar-refractivity contribution in [2.45, 2.75) is 26.8 Å². The number of carbonyl (C=O) groups excluding carboxylic acids is 2. The fourth-order valence-corrected chi connectivity index (χ4v) is 3.03. The molecule has 2 heterocycles. The van der Waals surface area contributed by atoms with E-state index in [9.17, 15) is 9.59 Å². The topological polar surface area (TPSA) is 84.2 Å². The van der Waals surface area contributed by atoms with E-state index in [0.29, 0.717) is 23.8 Å². The first-order valence-corrected chi connectivity index (χ1v) is 9.02. The number of furan rings is 1. The Kier molecular flexibility index (Phi) is 5.48. The molecule has 3 aromatic rings. The fourth-order valence-electron chi connectivity index (χ4n) is 2.43. The predicted octanol–water partition coefficient (Wildman–Crippen LogP) is 3.53. The Balaban J connectivity index is 1.51. The van der Waals surface area contributed by atoms with E-state index in [1.165, 1.54) is 6.92 Å². The Bertz CT molecular complexity index is 912. The maximum atomic E-state index is 12.1. The number of nitrogens with one attached hydrogen (secondary N) is 2. The SMILES string of the molecule is CC(=O)Nc1ccc(CC(=O)NCc2ccc(-c3csc(C)n3)o2)cc1. The molecule has 0 radical (unpaired) electrons. The number of amides is 2. The Morgan fingerprint density at radius 3 is 2.58 bits per heavy atom. The Morgan fingerprint density at radius 2 is 1.92 bits per heavy atom.